The number of amides is 1. The van der Waals surface area contributed by atoms with Gasteiger partial charge in [0.05, 0.1) is 52.4 Å². The third-order valence-electron chi connectivity index (χ3n) is 6.26. The molecule has 15 heteroatoms. The third-order valence-corrected chi connectivity index (χ3v) is 6.26. The van der Waals surface area contributed by atoms with Crippen molar-refractivity contribution in [1.29, 1.82) is 5.26 Å². The Hall–Kier alpha value is -5.52. The minimum absolute atomic E-state index is 0.0379. The van der Waals surface area contributed by atoms with Crippen LogP contribution in [0.1, 0.15) is 15.9 Å². The fraction of sp³-hybridized carbons (Fsp3) is 0.174. The summed E-state index contributed by atoms with van der Waals surface area (Å²) in [6.45, 7) is 1.22. The molecule has 38 heavy (non-hydrogen) atoms. The van der Waals surface area contributed by atoms with Crippen molar-refractivity contribution < 1.29 is 14.0 Å². The number of fused-ring (bicyclic) bond motifs is 1. The number of benzene rings is 1. The van der Waals surface area contributed by atoms with Crippen LogP contribution >= 0.6 is 0 Å². The Morgan fingerprint density at radius 3 is 2.58 bits per heavy atom. The second-order valence-corrected chi connectivity index (χ2v) is 8.39. The van der Waals surface area contributed by atoms with E-state index in [1.807, 2.05) is 4.90 Å². The van der Waals surface area contributed by atoms with Crippen LogP contribution in [0.25, 0.3) is 22.4 Å². The molecule has 0 unspecified atom stereocenters. The quantitative estimate of drug-likeness (QED) is 0.261. The highest BCUT2D eigenvalue weighted by Crippen LogP contribution is 2.26. The number of ketones is 1. The van der Waals surface area contributed by atoms with Crippen LogP contribution in [0.3, 0.4) is 0 Å². The summed E-state index contributed by atoms with van der Waals surface area (Å²) in [6, 6.07) is 8.88. The number of carbonyl (C=O) groups excluding carboxylic acids is 2. The van der Waals surface area contributed by atoms with Crippen molar-refractivity contribution in [2.24, 2.45) is 0 Å². The number of Topliss-reactive ketones (excluding diaryl/α,β-unsaturated/α-hetero) is 1. The van der Waals surface area contributed by atoms with Gasteiger partial charge in [0.2, 0.25) is 5.95 Å². The van der Waals surface area contributed by atoms with Gasteiger partial charge in [-0.1, -0.05) is 10.3 Å². The van der Waals surface area contributed by atoms with E-state index in [4.69, 9.17) is 5.26 Å². The molecule has 5 heterocycles. The molecule has 1 N–H and O–H groups in total. The molecule has 5 aromatic rings. The minimum atomic E-state index is -0.832. The number of pyridine rings is 1. The highest BCUT2D eigenvalue weighted by atomic mass is 19.1. The van der Waals surface area contributed by atoms with Crippen LogP contribution in [-0.4, -0.2) is 87.9 Å². The molecule has 4 aromatic heterocycles. The molecule has 1 amide bonds. The number of piperazine rings is 1. The summed E-state index contributed by atoms with van der Waals surface area (Å²) in [5.74, 6) is -1.59. The van der Waals surface area contributed by atoms with Crippen LogP contribution in [0.5, 0.6) is 0 Å². The molecule has 1 saturated heterocycles. The molecule has 1 fully saturated rings. The number of nitrogens with zero attached hydrogens (tertiary/aromatic N) is 11. The second kappa shape index (κ2) is 9.17. The van der Waals surface area contributed by atoms with Crippen molar-refractivity contribution in [3.8, 4) is 17.6 Å². The number of rotatable bonds is 5. The summed E-state index contributed by atoms with van der Waals surface area (Å²) < 4.78 is 17.6. The van der Waals surface area contributed by atoms with Crippen molar-refractivity contribution in [1.82, 2.24) is 50.1 Å². The lowest BCUT2D eigenvalue weighted by Gasteiger charge is -2.34. The van der Waals surface area contributed by atoms with E-state index >= 15 is 0 Å². The maximum atomic E-state index is 14.7. The molecule has 0 bridgehead atoms. The lowest BCUT2D eigenvalue weighted by atomic mass is 10.1. The number of carbonyl (C=O) groups is 2. The summed E-state index contributed by atoms with van der Waals surface area (Å²) in [4.78, 5) is 36.5. The molecule has 1 aliphatic heterocycles. The fourth-order valence-electron chi connectivity index (χ4n) is 4.36. The van der Waals surface area contributed by atoms with Crippen molar-refractivity contribution in [3.05, 3.63) is 66.0 Å². The number of aromatic amines is 1. The maximum absolute atomic E-state index is 14.7. The van der Waals surface area contributed by atoms with E-state index in [0.29, 0.717) is 30.3 Å². The molecule has 1 aromatic carbocycles. The number of anilines is 1. The predicted molar refractivity (Wildman–Crippen MR) is 128 cm³/mol. The number of hydrogen-bond donors (Lipinski definition) is 1. The standard InChI is InChI=1S/C23H17FN12O2/c24-17-13-27-21(35-6-5-28-31-35)19-18(17)16(12-26-19)20(37)22(38)33-7-9-34(10-8-33)23-29-30-32-36(23)15-3-1-14(11-25)2-4-15/h1-6,12-13,26H,7-10H2. The minimum Gasteiger partial charge on any atom is -0.357 e. The van der Waals surface area contributed by atoms with Gasteiger partial charge in [-0.2, -0.15) is 9.94 Å². The van der Waals surface area contributed by atoms with Crippen LogP contribution in [0.15, 0.2) is 49.1 Å². The van der Waals surface area contributed by atoms with Crippen LogP contribution < -0.4 is 4.90 Å². The van der Waals surface area contributed by atoms with Crippen LogP contribution in [0.4, 0.5) is 10.3 Å². The van der Waals surface area contributed by atoms with Gasteiger partial charge in [0.1, 0.15) is 0 Å². The van der Waals surface area contributed by atoms with Gasteiger partial charge < -0.3 is 14.8 Å². The van der Waals surface area contributed by atoms with Gasteiger partial charge in [-0.25, -0.2) is 14.1 Å². The van der Waals surface area contributed by atoms with E-state index in [1.165, 1.54) is 28.2 Å². The van der Waals surface area contributed by atoms with Gasteiger partial charge in [0.25, 0.3) is 11.7 Å². The zero-order valence-corrected chi connectivity index (χ0v) is 19.6. The Morgan fingerprint density at radius 1 is 1.08 bits per heavy atom. The highest BCUT2D eigenvalue weighted by molar-refractivity contribution is 6.45. The van der Waals surface area contributed by atoms with E-state index < -0.39 is 17.5 Å². The SMILES string of the molecule is N#Cc1ccc(-n2nnnc2N2CCN(C(=O)C(=O)c3c[nH]c4c(-n5ccnn5)ncc(F)c34)CC2)cc1. The maximum Gasteiger partial charge on any atom is 0.295 e. The summed E-state index contributed by atoms with van der Waals surface area (Å²) in [7, 11) is 0. The Kier molecular flexibility index (Phi) is 5.53. The number of halogens is 1. The van der Waals surface area contributed by atoms with E-state index in [9.17, 15) is 14.0 Å². The lowest BCUT2D eigenvalue weighted by Crippen LogP contribution is -2.51. The predicted octanol–water partition coefficient (Wildman–Crippen LogP) is 0.662. The number of aromatic nitrogens is 9. The highest BCUT2D eigenvalue weighted by Gasteiger charge is 2.31. The topological polar surface area (TPSA) is 167 Å². The van der Waals surface area contributed by atoms with Crippen molar-refractivity contribution >= 4 is 28.5 Å². The van der Waals surface area contributed by atoms with Gasteiger partial charge in [0.15, 0.2) is 11.6 Å². The molecule has 0 aliphatic carbocycles. The van der Waals surface area contributed by atoms with Crippen molar-refractivity contribution in [2.75, 3.05) is 31.1 Å². The first kappa shape index (κ1) is 22.9. The van der Waals surface area contributed by atoms with Crippen LogP contribution in [0, 0.1) is 17.1 Å². The average molecular weight is 512 g/mol. The third kappa shape index (κ3) is 3.80. The zero-order chi connectivity index (χ0) is 26.2. The van der Waals surface area contributed by atoms with E-state index in [2.05, 4.69) is 41.9 Å². The summed E-state index contributed by atoms with van der Waals surface area (Å²) in [6.07, 6.45) is 5.26. The molecule has 14 nitrogen and oxygen atoms in total. The van der Waals surface area contributed by atoms with Gasteiger partial charge in [0, 0.05) is 32.4 Å². The molecule has 0 radical (unpaired) electrons. The fourth-order valence-corrected chi connectivity index (χ4v) is 4.36. The van der Waals surface area contributed by atoms with E-state index in [-0.39, 0.29) is 35.4 Å². The summed E-state index contributed by atoms with van der Waals surface area (Å²) in [5.41, 5.74) is 1.34. The first-order valence-corrected chi connectivity index (χ1v) is 11.4. The largest absolute Gasteiger partial charge is 0.357 e. The number of nitriles is 1. The molecule has 188 valence electrons. The second-order valence-electron chi connectivity index (χ2n) is 8.39. The molecule has 0 atom stereocenters. The number of hydrogen-bond acceptors (Lipinski definition) is 10. The van der Waals surface area contributed by atoms with Crippen LogP contribution in [-0.2, 0) is 4.79 Å². The normalized spacial score (nSPS) is 13.6. The lowest BCUT2D eigenvalue weighted by molar-refractivity contribution is -0.126. The van der Waals surface area contributed by atoms with Crippen molar-refractivity contribution in [3.63, 3.8) is 0 Å². The molecule has 0 spiro atoms. The Bertz CT molecular complexity index is 1690. The van der Waals surface area contributed by atoms with Gasteiger partial charge >= 0.3 is 0 Å². The Morgan fingerprint density at radius 2 is 1.87 bits per heavy atom. The van der Waals surface area contributed by atoms with Crippen molar-refractivity contribution in [2.45, 2.75) is 0 Å². The average Bonchev–Trinajstić information content (AvgIpc) is 3.74. The number of nitrogens with one attached hydrogen (secondary N) is 1. The molecule has 6 rings (SSSR count). The Labute approximate surface area is 212 Å². The van der Waals surface area contributed by atoms with E-state index in [1.54, 1.807) is 28.9 Å². The first-order chi connectivity index (χ1) is 18.5. The molecule has 1 aliphatic rings. The zero-order valence-electron chi connectivity index (χ0n) is 19.6. The van der Waals surface area contributed by atoms with Crippen LogP contribution in [0.2, 0.25) is 0 Å². The monoisotopic (exact) mass is 512 g/mol. The first-order valence-electron chi connectivity index (χ1n) is 11.4. The number of H-pyrrole nitrogens is 1. The van der Waals surface area contributed by atoms with Gasteiger partial charge in [-0.3, -0.25) is 9.59 Å². The summed E-state index contributed by atoms with van der Waals surface area (Å²) >= 11 is 0. The molecular weight excluding hydrogens is 495 g/mol. The van der Waals surface area contributed by atoms with Gasteiger partial charge in [-0.15, -0.1) is 5.10 Å². The van der Waals surface area contributed by atoms with Gasteiger partial charge in [-0.05, 0) is 34.7 Å². The Balaban J connectivity index is 1.19. The molecular formula is C23H17FN12O2. The smallest absolute Gasteiger partial charge is 0.295 e. The number of tetrazole rings is 1. The van der Waals surface area contributed by atoms with E-state index in [0.717, 1.165) is 6.20 Å². The molecule has 0 saturated carbocycles. The summed E-state index contributed by atoms with van der Waals surface area (Å²) in [5, 5.41) is 28.5.